The van der Waals surface area contributed by atoms with Crippen molar-refractivity contribution in [1.29, 1.82) is 0 Å². The molecule has 216 valence electrons. The number of carboxylic acids is 1. The Labute approximate surface area is 227 Å². The third-order valence-corrected chi connectivity index (χ3v) is 7.32. The van der Waals surface area contributed by atoms with Crippen molar-refractivity contribution in [3.05, 3.63) is 0 Å². The van der Waals surface area contributed by atoms with Gasteiger partial charge < -0.3 is 39.5 Å². The summed E-state index contributed by atoms with van der Waals surface area (Å²) in [4.78, 5) is 52.6. The van der Waals surface area contributed by atoms with Crippen molar-refractivity contribution < 1.29 is 59.3 Å². The van der Waals surface area contributed by atoms with Crippen LogP contribution in [0.1, 0.15) is 71.1 Å². The molecule has 1 amide bonds. The maximum Gasteiger partial charge on any atom is 0.335 e. The topological polar surface area (TPSA) is 192 Å². The zero-order chi connectivity index (χ0) is 31.6. The first-order valence-electron chi connectivity index (χ1n) is 15.0. The van der Waals surface area contributed by atoms with Gasteiger partial charge in [-0.15, -0.1) is 0 Å². The largest absolute Gasteiger partial charge is 0.479 e. The minimum Gasteiger partial charge on any atom is -0.479 e. The quantitative estimate of drug-likeness (QED) is 0.216. The van der Waals surface area contributed by atoms with Crippen LogP contribution in [0.5, 0.6) is 0 Å². The molecule has 3 rings (SSSR count). The minimum absolute atomic E-state index is 0.0131. The van der Waals surface area contributed by atoms with Crippen molar-refractivity contribution in [2.24, 2.45) is 5.92 Å². The molecule has 5 N–H and O–H groups in total. The SMILES string of the molecule is [2H]C([2H])([2H])[C@]([2H])(N[C@@H](CCC)C(=O)OCC)C(=O)N1[C@H](C(=O)O[C@@H]2O[C@H](C(=O)O)[C@@H](O)[C@H](O)[C@H]2O)C[C@@H]2CCCC[C@@H]21. The number of nitrogens with zero attached hydrogens (tertiary/aromatic N) is 1. The number of esters is 2. The lowest BCUT2D eigenvalue weighted by molar-refractivity contribution is -0.287. The van der Waals surface area contributed by atoms with Crippen LogP contribution in [0.3, 0.4) is 0 Å². The summed E-state index contributed by atoms with van der Waals surface area (Å²) in [6.07, 6.45) is -7.24. The molecule has 13 nitrogen and oxygen atoms in total. The summed E-state index contributed by atoms with van der Waals surface area (Å²) in [7, 11) is 0. The van der Waals surface area contributed by atoms with Crippen molar-refractivity contribution in [1.82, 2.24) is 10.2 Å². The fourth-order valence-corrected chi connectivity index (χ4v) is 5.45. The molecule has 10 atom stereocenters. The summed E-state index contributed by atoms with van der Waals surface area (Å²) in [5, 5.41) is 42.0. The molecule has 0 aromatic carbocycles. The van der Waals surface area contributed by atoms with Crippen molar-refractivity contribution in [3.8, 4) is 0 Å². The summed E-state index contributed by atoms with van der Waals surface area (Å²) in [5.74, 6) is -5.25. The number of amides is 1. The molecule has 3 aliphatic rings. The fourth-order valence-electron chi connectivity index (χ4n) is 5.45. The number of aliphatic carboxylic acids is 1. The van der Waals surface area contributed by atoms with Crippen LogP contribution in [0.15, 0.2) is 0 Å². The van der Waals surface area contributed by atoms with E-state index in [2.05, 4.69) is 5.32 Å². The van der Waals surface area contributed by atoms with Crippen LogP contribution in [0, 0.1) is 5.92 Å². The maximum atomic E-state index is 14.1. The summed E-state index contributed by atoms with van der Waals surface area (Å²) >= 11 is 0. The lowest BCUT2D eigenvalue weighted by atomic mass is 9.84. The van der Waals surface area contributed by atoms with Crippen molar-refractivity contribution in [2.75, 3.05) is 6.61 Å². The number of aliphatic hydroxyl groups is 3. The Balaban J connectivity index is 1.95. The molecule has 3 fully saturated rings. The van der Waals surface area contributed by atoms with Gasteiger partial charge in [-0.05, 0) is 45.4 Å². The first-order chi connectivity index (χ1) is 19.6. The lowest BCUT2D eigenvalue weighted by Gasteiger charge is -2.39. The van der Waals surface area contributed by atoms with Crippen molar-refractivity contribution in [2.45, 2.75) is 120 Å². The Hall–Kier alpha value is -2.32. The lowest BCUT2D eigenvalue weighted by Crippen LogP contribution is -2.61. The van der Waals surface area contributed by atoms with Crippen LogP contribution < -0.4 is 5.32 Å². The molecule has 1 saturated carbocycles. The van der Waals surface area contributed by atoms with E-state index in [9.17, 15) is 39.6 Å². The van der Waals surface area contributed by atoms with Gasteiger partial charge in [0.25, 0.3) is 0 Å². The average Bonchev–Trinajstić information content (AvgIpc) is 3.31. The predicted molar refractivity (Wildman–Crippen MR) is 129 cm³/mol. The van der Waals surface area contributed by atoms with Crippen molar-refractivity contribution in [3.63, 3.8) is 0 Å². The first-order valence-corrected chi connectivity index (χ1v) is 13.0. The standard InChI is InChI=1S/C25H40N2O11/c1-4-8-14(23(34)36-5-2)26-12(3)21(31)27-15-10-7-6-9-13(15)11-16(27)24(35)38-25-19(30)17(28)18(29)20(37-25)22(32)33/h12-20,25-26,28-30H,4-11H2,1-3H3,(H,32,33)/t12-,13-,14-,15-,16-,17-,18-,19+,20-,25-/m0/s1/i3D3,12D. The Morgan fingerprint density at radius 1 is 1.13 bits per heavy atom. The number of aliphatic hydroxyl groups excluding tert-OH is 3. The third kappa shape index (κ3) is 6.45. The zero-order valence-corrected chi connectivity index (χ0v) is 21.4. The number of likely N-dealkylation sites (tertiary alicyclic amines) is 1. The Bertz CT molecular complexity index is 1020. The first kappa shape index (κ1) is 24.7. The number of carbonyl (C=O) groups excluding carboxylic acids is 3. The summed E-state index contributed by atoms with van der Waals surface area (Å²) in [5.41, 5.74) is 0. The second-order valence-electron chi connectivity index (χ2n) is 9.86. The second-order valence-corrected chi connectivity index (χ2v) is 9.86. The number of hydrogen-bond acceptors (Lipinski definition) is 11. The normalized spacial score (nSPS) is 37.3. The van der Waals surface area contributed by atoms with E-state index >= 15 is 0 Å². The van der Waals surface area contributed by atoms with Gasteiger partial charge in [-0.3, -0.25) is 14.9 Å². The molecule has 0 radical (unpaired) electrons. The number of nitrogens with one attached hydrogen (secondary N) is 1. The number of carbonyl (C=O) groups is 4. The van der Waals surface area contributed by atoms with Gasteiger partial charge in [0.1, 0.15) is 30.4 Å². The third-order valence-electron chi connectivity index (χ3n) is 7.32. The fraction of sp³-hybridized carbons (Fsp3) is 0.840. The molecule has 0 aromatic rings. The number of hydrogen-bond donors (Lipinski definition) is 5. The molecular weight excluding hydrogens is 504 g/mol. The Morgan fingerprint density at radius 3 is 2.47 bits per heavy atom. The predicted octanol–water partition coefficient (Wildman–Crippen LogP) is -0.709. The smallest absolute Gasteiger partial charge is 0.335 e. The number of rotatable bonds is 10. The van der Waals surface area contributed by atoms with E-state index < -0.39 is 85.5 Å². The van der Waals surface area contributed by atoms with E-state index in [1.165, 1.54) is 0 Å². The van der Waals surface area contributed by atoms with E-state index in [-0.39, 0.29) is 25.4 Å². The van der Waals surface area contributed by atoms with Gasteiger partial charge in [0, 0.05) is 10.2 Å². The van der Waals surface area contributed by atoms with Gasteiger partial charge in [-0.1, -0.05) is 26.2 Å². The molecular formula is C25H40N2O11. The van der Waals surface area contributed by atoms with E-state index in [0.29, 0.717) is 25.7 Å². The number of ether oxygens (including phenoxy) is 3. The molecule has 2 heterocycles. The molecule has 0 aromatic heterocycles. The van der Waals surface area contributed by atoms with Crippen LogP contribution in [-0.2, 0) is 33.4 Å². The molecule has 0 spiro atoms. The van der Waals surface area contributed by atoms with Gasteiger partial charge in [0.05, 0.1) is 14.0 Å². The van der Waals surface area contributed by atoms with Crippen molar-refractivity contribution >= 4 is 23.8 Å². The van der Waals surface area contributed by atoms with E-state index in [0.717, 1.165) is 11.3 Å². The molecule has 0 bridgehead atoms. The van der Waals surface area contributed by atoms with E-state index in [1.807, 2.05) is 0 Å². The van der Waals surface area contributed by atoms with Gasteiger partial charge in [0.2, 0.25) is 12.2 Å². The van der Waals surface area contributed by atoms with Gasteiger partial charge in [-0.25, -0.2) is 9.59 Å². The molecule has 1 aliphatic carbocycles. The van der Waals surface area contributed by atoms with Crippen LogP contribution in [0.25, 0.3) is 0 Å². The molecule has 0 unspecified atom stereocenters. The molecule has 2 saturated heterocycles. The molecule has 13 heteroatoms. The van der Waals surface area contributed by atoms with Gasteiger partial charge in [0.15, 0.2) is 6.10 Å². The Kier molecular flexibility index (Phi) is 8.55. The Morgan fingerprint density at radius 2 is 1.84 bits per heavy atom. The number of fused-ring (bicyclic) bond motifs is 1. The highest BCUT2D eigenvalue weighted by Crippen LogP contribution is 2.41. The highest BCUT2D eigenvalue weighted by molar-refractivity contribution is 5.89. The molecule has 38 heavy (non-hydrogen) atoms. The average molecular weight is 549 g/mol. The highest BCUT2D eigenvalue weighted by Gasteiger charge is 2.52. The van der Waals surface area contributed by atoms with Crippen LogP contribution in [0.4, 0.5) is 0 Å². The summed E-state index contributed by atoms with van der Waals surface area (Å²) in [6.45, 7) is -0.0383. The summed E-state index contributed by atoms with van der Waals surface area (Å²) < 4.78 is 48.5. The van der Waals surface area contributed by atoms with E-state index in [1.54, 1.807) is 13.8 Å². The van der Waals surface area contributed by atoms with Crippen LogP contribution in [-0.4, -0.2) is 111 Å². The van der Waals surface area contributed by atoms with Crippen LogP contribution in [0.2, 0.25) is 0 Å². The zero-order valence-electron chi connectivity index (χ0n) is 25.4. The number of carboxylic acid groups (broad SMARTS) is 1. The van der Waals surface area contributed by atoms with Gasteiger partial charge >= 0.3 is 17.9 Å². The second kappa shape index (κ2) is 13.2. The van der Waals surface area contributed by atoms with E-state index in [4.69, 9.17) is 19.7 Å². The maximum absolute atomic E-state index is 14.1. The van der Waals surface area contributed by atoms with Gasteiger partial charge in [-0.2, -0.15) is 0 Å². The van der Waals surface area contributed by atoms with Crippen LogP contribution >= 0.6 is 0 Å². The monoisotopic (exact) mass is 548 g/mol. The summed E-state index contributed by atoms with van der Waals surface area (Å²) in [6, 6.07) is -6.46. The molecule has 2 aliphatic heterocycles. The minimum atomic E-state index is -3.30. The highest BCUT2D eigenvalue weighted by atomic mass is 16.7.